The lowest BCUT2D eigenvalue weighted by Gasteiger charge is -2.29. The van der Waals surface area contributed by atoms with Crippen LogP contribution in [-0.2, 0) is 26.2 Å². The molecule has 0 aliphatic carbocycles. The van der Waals surface area contributed by atoms with E-state index in [4.69, 9.17) is 4.74 Å². The number of benzene rings is 2. The minimum atomic E-state index is -3.59. The van der Waals surface area contributed by atoms with Crippen molar-refractivity contribution in [3.63, 3.8) is 0 Å². The van der Waals surface area contributed by atoms with Crippen molar-refractivity contribution in [2.75, 3.05) is 30.8 Å². The number of methoxy groups -OCH3 is 1. The molecule has 2 amide bonds. The molecule has 0 aromatic heterocycles. The zero-order valence-electron chi connectivity index (χ0n) is 20.6. The SMILES string of the molecule is CCNC(=O)C(C)N(Cc1ccc(C)cc1)C(=O)CCCN(c1ccccc1OC)S(C)(=O)=O. The quantitative estimate of drug-likeness (QED) is 0.494. The fourth-order valence-corrected chi connectivity index (χ4v) is 4.58. The van der Waals surface area contributed by atoms with Crippen molar-refractivity contribution in [3.05, 3.63) is 59.7 Å². The van der Waals surface area contributed by atoms with Gasteiger partial charge in [-0.05, 0) is 44.9 Å². The molecule has 2 aromatic rings. The van der Waals surface area contributed by atoms with Crippen molar-refractivity contribution in [1.29, 1.82) is 0 Å². The van der Waals surface area contributed by atoms with E-state index >= 15 is 0 Å². The third-order valence-electron chi connectivity index (χ3n) is 5.50. The van der Waals surface area contributed by atoms with Gasteiger partial charge in [-0.3, -0.25) is 13.9 Å². The molecule has 2 aromatic carbocycles. The van der Waals surface area contributed by atoms with Crippen LogP contribution in [0.15, 0.2) is 48.5 Å². The largest absolute Gasteiger partial charge is 0.495 e. The molecule has 0 spiro atoms. The molecule has 2 rings (SSSR count). The Balaban J connectivity index is 2.17. The summed E-state index contributed by atoms with van der Waals surface area (Å²) in [6.07, 6.45) is 1.51. The third kappa shape index (κ3) is 7.48. The predicted octanol–water partition coefficient (Wildman–Crippen LogP) is 3.10. The van der Waals surface area contributed by atoms with Gasteiger partial charge < -0.3 is 15.0 Å². The Kier molecular flexibility index (Phi) is 9.92. The average molecular weight is 490 g/mol. The first-order valence-electron chi connectivity index (χ1n) is 11.3. The van der Waals surface area contributed by atoms with Gasteiger partial charge in [0.05, 0.1) is 19.1 Å². The molecule has 1 N–H and O–H groups in total. The van der Waals surface area contributed by atoms with Crippen LogP contribution in [-0.4, -0.2) is 57.6 Å². The number of nitrogens with zero attached hydrogens (tertiary/aromatic N) is 2. The van der Waals surface area contributed by atoms with Crippen LogP contribution < -0.4 is 14.4 Å². The van der Waals surface area contributed by atoms with Gasteiger partial charge in [-0.1, -0.05) is 42.0 Å². The van der Waals surface area contributed by atoms with E-state index in [0.717, 1.165) is 17.4 Å². The number of nitrogens with one attached hydrogen (secondary N) is 1. The van der Waals surface area contributed by atoms with Gasteiger partial charge in [0, 0.05) is 26.1 Å². The van der Waals surface area contributed by atoms with E-state index < -0.39 is 16.1 Å². The molecule has 8 nitrogen and oxygen atoms in total. The van der Waals surface area contributed by atoms with Gasteiger partial charge in [-0.15, -0.1) is 0 Å². The zero-order valence-corrected chi connectivity index (χ0v) is 21.4. The van der Waals surface area contributed by atoms with E-state index in [9.17, 15) is 18.0 Å². The highest BCUT2D eigenvalue weighted by molar-refractivity contribution is 7.92. The third-order valence-corrected chi connectivity index (χ3v) is 6.68. The zero-order chi connectivity index (χ0) is 25.3. The summed E-state index contributed by atoms with van der Waals surface area (Å²) in [5, 5.41) is 2.77. The Labute approximate surface area is 202 Å². The van der Waals surface area contributed by atoms with Crippen LogP contribution in [0.25, 0.3) is 0 Å². The van der Waals surface area contributed by atoms with Gasteiger partial charge in [-0.2, -0.15) is 0 Å². The summed E-state index contributed by atoms with van der Waals surface area (Å²) in [4.78, 5) is 27.2. The van der Waals surface area contributed by atoms with Crippen LogP contribution in [0.4, 0.5) is 5.69 Å². The number of rotatable bonds is 12. The molecule has 1 unspecified atom stereocenters. The maximum absolute atomic E-state index is 13.2. The predicted molar refractivity (Wildman–Crippen MR) is 134 cm³/mol. The number of hydrogen-bond donors (Lipinski definition) is 1. The normalized spacial score (nSPS) is 12.0. The second kappa shape index (κ2) is 12.4. The van der Waals surface area contributed by atoms with E-state index in [1.165, 1.54) is 11.4 Å². The lowest BCUT2D eigenvalue weighted by molar-refractivity contribution is -0.140. The first kappa shape index (κ1) is 27.2. The van der Waals surface area contributed by atoms with Gasteiger partial charge in [0.2, 0.25) is 21.8 Å². The van der Waals surface area contributed by atoms with E-state index in [1.54, 1.807) is 36.1 Å². The van der Waals surface area contributed by atoms with Crippen LogP contribution in [0.2, 0.25) is 0 Å². The number of para-hydroxylation sites is 2. The van der Waals surface area contributed by atoms with E-state index in [1.807, 2.05) is 38.1 Å². The molecule has 1 atom stereocenters. The fourth-order valence-electron chi connectivity index (χ4n) is 3.61. The van der Waals surface area contributed by atoms with Crippen LogP contribution in [0, 0.1) is 6.92 Å². The van der Waals surface area contributed by atoms with Crippen LogP contribution >= 0.6 is 0 Å². The molecule has 9 heteroatoms. The van der Waals surface area contributed by atoms with Crippen molar-refractivity contribution in [2.24, 2.45) is 0 Å². The van der Waals surface area contributed by atoms with Crippen molar-refractivity contribution >= 4 is 27.5 Å². The number of carbonyl (C=O) groups is 2. The van der Waals surface area contributed by atoms with Crippen molar-refractivity contribution in [1.82, 2.24) is 10.2 Å². The second-order valence-corrected chi connectivity index (χ2v) is 10.1. The number of amides is 2. The van der Waals surface area contributed by atoms with Gasteiger partial charge in [0.15, 0.2) is 0 Å². The molecule has 0 fully saturated rings. The number of ether oxygens (including phenoxy) is 1. The summed E-state index contributed by atoms with van der Waals surface area (Å²) in [6, 6.07) is 14.0. The molecular weight excluding hydrogens is 454 g/mol. The molecule has 34 heavy (non-hydrogen) atoms. The van der Waals surface area contributed by atoms with E-state index in [0.29, 0.717) is 24.5 Å². The highest BCUT2D eigenvalue weighted by Crippen LogP contribution is 2.29. The summed E-state index contributed by atoms with van der Waals surface area (Å²) >= 11 is 0. The Hall–Kier alpha value is -3.07. The minimum Gasteiger partial charge on any atom is -0.495 e. The minimum absolute atomic E-state index is 0.0940. The molecular formula is C25H35N3O5S. The number of aryl methyl sites for hydroxylation is 1. The van der Waals surface area contributed by atoms with Gasteiger partial charge in [-0.25, -0.2) is 8.42 Å². The van der Waals surface area contributed by atoms with Crippen molar-refractivity contribution in [3.8, 4) is 5.75 Å². The molecule has 0 heterocycles. The highest BCUT2D eigenvalue weighted by Gasteiger charge is 2.26. The highest BCUT2D eigenvalue weighted by atomic mass is 32.2. The Morgan fingerprint density at radius 3 is 2.32 bits per heavy atom. The van der Waals surface area contributed by atoms with Gasteiger partial charge in [0.25, 0.3) is 0 Å². The Morgan fingerprint density at radius 2 is 1.74 bits per heavy atom. The number of hydrogen-bond acceptors (Lipinski definition) is 5. The van der Waals surface area contributed by atoms with Crippen LogP contribution in [0.1, 0.15) is 37.8 Å². The smallest absolute Gasteiger partial charge is 0.242 e. The monoisotopic (exact) mass is 489 g/mol. The fraction of sp³-hybridized carbons (Fsp3) is 0.440. The Bertz CT molecular complexity index is 1070. The summed E-state index contributed by atoms with van der Waals surface area (Å²) in [6.45, 7) is 6.39. The number of carbonyl (C=O) groups excluding carboxylic acids is 2. The lowest BCUT2D eigenvalue weighted by atomic mass is 10.1. The molecule has 0 bridgehead atoms. The molecule has 0 saturated heterocycles. The summed E-state index contributed by atoms with van der Waals surface area (Å²) in [5.74, 6) is -0.00680. The molecule has 0 aliphatic heterocycles. The summed E-state index contributed by atoms with van der Waals surface area (Å²) in [5.41, 5.74) is 2.45. The summed E-state index contributed by atoms with van der Waals surface area (Å²) in [7, 11) is -2.11. The molecule has 0 saturated carbocycles. The maximum Gasteiger partial charge on any atom is 0.242 e. The van der Waals surface area contributed by atoms with E-state index in [2.05, 4.69) is 5.32 Å². The average Bonchev–Trinajstić information content (AvgIpc) is 2.80. The number of sulfonamides is 1. The summed E-state index contributed by atoms with van der Waals surface area (Å²) < 4.78 is 31.5. The number of anilines is 1. The first-order chi connectivity index (χ1) is 16.1. The topological polar surface area (TPSA) is 96.0 Å². The molecule has 0 radical (unpaired) electrons. The number of likely N-dealkylation sites (N-methyl/N-ethyl adjacent to an activating group) is 1. The van der Waals surface area contributed by atoms with Crippen LogP contribution in [0.5, 0.6) is 5.75 Å². The van der Waals surface area contributed by atoms with Crippen LogP contribution in [0.3, 0.4) is 0 Å². The standard InChI is InChI=1S/C25H35N3O5S/c1-6-26-25(30)20(3)27(18-21-15-13-19(2)14-16-21)24(29)12-9-17-28(34(5,31)32)22-10-7-8-11-23(22)33-4/h7-8,10-11,13-16,20H,6,9,12,17-18H2,1-5H3,(H,26,30). The van der Waals surface area contributed by atoms with Gasteiger partial charge in [0.1, 0.15) is 11.8 Å². The van der Waals surface area contributed by atoms with E-state index in [-0.39, 0.29) is 31.2 Å². The first-order valence-corrected chi connectivity index (χ1v) is 13.2. The molecule has 0 aliphatic rings. The molecule has 186 valence electrons. The van der Waals surface area contributed by atoms with Crippen molar-refractivity contribution in [2.45, 2.75) is 46.2 Å². The van der Waals surface area contributed by atoms with Gasteiger partial charge >= 0.3 is 0 Å². The maximum atomic E-state index is 13.2. The lowest BCUT2D eigenvalue weighted by Crippen LogP contribution is -2.47. The second-order valence-electron chi connectivity index (χ2n) is 8.19. The van der Waals surface area contributed by atoms with Crippen molar-refractivity contribution < 1.29 is 22.7 Å². The Morgan fingerprint density at radius 1 is 1.09 bits per heavy atom.